The smallest absolute Gasteiger partial charge is 0.326 e. The molecule has 0 saturated carbocycles. The normalized spacial score (nSPS) is 14.1. The Labute approximate surface area is 273 Å². The number of carbonyl (C=O) groups excluding carboxylic acids is 6. The molecule has 0 heterocycles. The fourth-order valence-corrected chi connectivity index (χ4v) is 4.53. The third-order valence-electron chi connectivity index (χ3n) is 6.87. The number of carbonyl (C=O) groups is 8. The van der Waals surface area contributed by atoms with E-state index in [1.807, 2.05) is 0 Å². The molecule has 47 heavy (non-hydrogen) atoms. The Bertz CT molecular complexity index is 1290. The molecule has 1 rings (SSSR count). The first-order chi connectivity index (χ1) is 21.9. The van der Waals surface area contributed by atoms with Gasteiger partial charge in [0.25, 0.3) is 0 Å². The quantitative estimate of drug-likeness (QED) is 0.0861. The largest absolute Gasteiger partial charge is 0.481 e. The Balaban J connectivity index is 3.17. The van der Waals surface area contributed by atoms with Gasteiger partial charge in [0, 0.05) is 19.8 Å². The van der Waals surface area contributed by atoms with Crippen molar-refractivity contribution in [2.75, 3.05) is 0 Å². The zero-order chi connectivity index (χ0) is 35.8. The third-order valence-corrected chi connectivity index (χ3v) is 6.87. The van der Waals surface area contributed by atoms with Gasteiger partial charge in [-0.2, -0.15) is 0 Å². The van der Waals surface area contributed by atoms with Crippen molar-refractivity contribution in [1.82, 2.24) is 26.6 Å². The molecule has 0 aliphatic carbocycles. The number of primary amides is 1. The first-order valence-corrected chi connectivity index (χ1v) is 15.2. The van der Waals surface area contributed by atoms with Gasteiger partial charge in [0.2, 0.25) is 35.4 Å². The molecular formula is C31H46N6O10. The number of aliphatic carboxylic acids is 2. The molecule has 260 valence electrons. The van der Waals surface area contributed by atoms with Crippen LogP contribution in [-0.2, 0) is 44.8 Å². The lowest BCUT2D eigenvalue weighted by molar-refractivity contribution is -0.143. The number of carboxylic acids is 2. The van der Waals surface area contributed by atoms with E-state index in [9.17, 15) is 48.6 Å². The molecule has 0 aliphatic heterocycles. The molecule has 0 spiro atoms. The summed E-state index contributed by atoms with van der Waals surface area (Å²) in [6.45, 7) is 7.82. The summed E-state index contributed by atoms with van der Waals surface area (Å²) in [5, 5.41) is 31.2. The number of nitrogens with two attached hydrogens (primary N) is 1. The molecule has 5 atom stereocenters. The molecule has 1 aromatic carbocycles. The van der Waals surface area contributed by atoms with Gasteiger partial charge in [-0.25, -0.2) is 4.79 Å². The first-order valence-electron chi connectivity index (χ1n) is 15.2. The van der Waals surface area contributed by atoms with Crippen LogP contribution in [0.25, 0.3) is 0 Å². The summed E-state index contributed by atoms with van der Waals surface area (Å²) in [6.07, 6.45) is -1.24. The molecule has 16 heteroatoms. The van der Waals surface area contributed by atoms with Crippen molar-refractivity contribution in [3.8, 4) is 0 Å². The standard InChI is InChI=1S/C31H46N6O10/c1-16(2)13-21(28(43)36-23(31(46)47)14-19-9-7-6-8-10-19)34-29(44)22(15-25(40)41)35-30(45)26(17(3)4)37-27(42)20(33-18(5)38)11-12-24(32)39/h6-10,16-17,20-23,26H,11-15H2,1-5H3,(H2,32,39)(H,33,38)(H,34,44)(H,35,45)(H,36,43)(H,37,42)(H,40,41)(H,46,47)/t20-,21-,22-,23-,26-/m0/s1. The van der Waals surface area contributed by atoms with E-state index >= 15 is 0 Å². The minimum atomic E-state index is -1.69. The van der Waals surface area contributed by atoms with E-state index in [2.05, 4.69) is 26.6 Å². The zero-order valence-corrected chi connectivity index (χ0v) is 27.2. The third kappa shape index (κ3) is 15.2. The van der Waals surface area contributed by atoms with Crippen LogP contribution in [0.5, 0.6) is 0 Å². The number of carboxylic acid groups (broad SMARTS) is 2. The Morgan fingerprint density at radius 3 is 1.72 bits per heavy atom. The van der Waals surface area contributed by atoms with Gasteiger partial charge in [0.1, 0.15) is 30.2 Å². The zero-order valence-electron chi connectivity index (χ0n) is 27.2. The van der Waals surface area contributed by atoms with Crippen molar-refractivity contribution in [3.05, 3.63) is 35.9 Å². The second kappa shape index (κ2) is 19.5. The van der Waals surface area contributed by atoms with E-state index in [-0.39, 0.29) is 31.6 Å². The predicted octanol–water partition coefficient (Wildman–Crippen LogP) is -0.800. The second-order valence-corrected chi connectivity index (χ2v) is 11.9. The Kier molecular flexibility index (Phi) is 16.6. The van der Waals surface area contributed by atoms with Crippen LogP contribution in [0.2, 0.25) is 0 Å². The van der Waals surface area contributed by atoms with Crippen LogP contribution in [0.4, 0.5) is 0 Å². The molecule has 0 aliphatic rings. The van der Waals surface area contributed by atoms with Crippen LogP contribution in [0.3, 0.4) is 0 Å². The monoisotopic (exact) mass is 662 g/mol. The topological polar surface area (TPSA) is 263 Å². The minimum absolute atomic E-state index is 0.0322. The van der Waals surface area contributed by atoms with Crippen LogP contribution in [0.15, 0.2) is 30.3 Å². The Morgan fingerprint density at radius 1 is 0.702 bits per heavy atom. The summed E-state index contributed by atoms with van der Waals surface area (Å²) in [4.78, 5) is 99.3. The molecule has 0 bridgehead atoms. The maximum atomic E-state index is 13.4. The maximum Gasteiger partial charge on any atom is 0.326 e. The lowest BCUT2D eigenvalue weighted by atomic mass is 10.00. The molecule has 0 fully saturated rings. The van der Waals surface area contributed by atoms with Gasteiger partial charge < -0.3 is 42.5 Å². The van der Waals surface area contributed by atoms with Gasteiger partial charge in [-0.15, -0.1) is 0 Å². The number of nitrogens with one attached hydrogen (secondary N) is 5. The van der Waals surface area contributed by atoms with Crippen molar-refractivity contribution in [2.45, 2.75) is 96.9 Å². The Hall–Kier alpha value is -5.02. The average molecular weight is 663 g/mol. The van der Waals surface area contributed by atoms with E-state index < -0.39 is 89.9 Å². The van der Waals surface area contributed by atoms with Gasteiger partial charge in [0.15, 0.2) is 0 Å². The maximum absolute atomic E-state index is 13.4. The summed E-state index contributed by atoms with van der Waals surface area (Å²) in [5.74, 6) is -8.37. The summed E-state index contributed by atoms with van der Waals surface area (Å²) >= 11 is 0. The van der Waals surface area contributed by atoms with Gasteiger partial charge in [-0.3, -0.25) is 33.6 Å². The fourth-order valence-electron chi connectivity index (χ4n) is 4.53. The van der Waals surface area contributed by atoms with Crippen molar-refractivity contribution >= 4 is 47.4 Å². The molecule has 0 aromatic heterocycles. The molecule has 6 amide bonds. The first kappa shape index (κ1) is 40.0. The van der Waals surface area contributed by atoms with Crippen molar-refractivity contribution in [3.63, 3.8) is 0 Å². The molecule has 1 aromatic rings. The minimum Gasteiger partial charge on any atom is -0.481 e. The van der Waals surface area contributed by atoms with Crippen molar-refractivity contribution < 1.29 is 48.6 Å². The van der Waals surface area contributed by atoms with E-state index in [0.29, 0.717) is 5.56 Å². The van der Waals surface area contributed by atoms with Crippen molar-refractivity contribution in [2.24, 2.45) is 17.6 Å². The molecule has 0 saturated heterocycles. The van der Waals surface area contributed by atoms with E-state index in [1.165, 1.54) is 0 Å². The number of hydrogen-bond donors (Lipinski definition) is 8. The van der Waals surface area contributed by atoms with Gasteiger partial charge in [0.05, 0.1) is 6.42 Å². The highest BCUT2D eigenvalue weighted by molar-refractivity contribution is 5.97. The van der Waals surface area contributed by atoms with Gasteiger partial charge in [-0.05, 0) is 30.2 Å². The number of rotatable bonds is 20. The van der Waals surface area contributed by atoms with E-state index in [0.717, 1.165) is 6.92 Å². The summed E-state index contributed by atoms with van der Waals surface area (Å²) in [5.41, 5.74) is 5.81. The average Bonchev–Trinajstić information content (AvgIpc) is 2.96. The predicted molar refractivity (Wildman–Crippen MR) is 168 cm³/mol. The van der Waals surface area contributed by atoms with Gasteiger partial charge >= 0.3 is 11.9 Å². The van der Waals surface area contributed by atoms with Crippen LogP contribution in [0, 0.1) is 11.8 Å². The van der Waals surface area contributed by atoms with Gasteiger partial charge in [-0.1, -0.05) is 58.0 Å². The van der Waals surface area contributed by atoms with E-state index in [1.54, 1.807) is 58.0 Å². The highest BCUT2D eigenvalue weighted by Crippen LogP contribution is 2.10. The molecule has 9 N–H and O–H groups in total. The van der Waals surface area contributed by atoms with Crippen LogP contribution in [0.1, 0.15) is 65.9 Å². The summed E-state index contributed by atoms with van der Waals surface area (Å²) in [7, 11) is 0. The van der Waals surface area contributed by atoms with Crippen molar-refractivity contribution in [1.29, 1.82) is 0 Å². The molecule has 16 nitrogen and oxygen atoms in total. The molecular weight excluding hydrogens is 616 g/mol. The van der Waals surface area contributed by atoms with Crippen LogP contribution < -0.4 is 32.3 Å². The lowest BCUT2D eigenvalue weighted by Gasteiger charge is -2.28. The van der Waals surface area contributed by atoms with Crippen LogP contribution >= 0.6 is 0 Å². The summed E-state index contributed by atoms with van der Waals surface area (Å²) < 4.78 is 0. The molecule has 0 radical (unpaired) electrons. The second-order valence-electron chi connectivity index (χ2n) is 11.9. The summed E-state index contributed by atoms with van der Waals surface area (Å²) in [6, 6.07) is 1.77. The van der Waals surface area contributed by atoms with Crippen LogP contribution in [-0.4, -0.2) is 87.8 Å². The lowest BCUT2D eigenvalue weighted by Crippen LogP contribution is -2.60. The number of hydrogen-bond acceptors (Lipinski definition) is 8. The Morgan fingerprint density at radius 2 is 1.23 bits per heavy atom. The van der Waals surface area contributed by atoms with E-state index in [4.69, 9.17) is 5.73 Å². The highest BCUT2D eigenvalue weighted by atomic mass is 16.4. The molecule has 0 unspecified atom stereocenters. The SMILES string of the molecule is CC(=O)N[C@@H](CCC(N)=O)C(=O)N[C@H](C(=O)N[C@@H](CC(=O)O)C(=O)N[C@@H](CC(C)C)C(=O)N[C@@H](Cc1ccccc1)C(=O)O)C(C)C. The fraction of sp³-hybridized carbons (Fsp3) is 0.548. The number of benzene rings is 1. The number of amides is 6. The highest BCUT2D eigenvalue weighted by Gasteiger charge is 2.34.